The van der Waals surface area contributed by atoms with Crippen molar-refractivity contribution >= 4 is 17.7 Å². The summed E-state index contributed by atoms with van der Waals surface area (Å²) in [7, 11) is 0. The van der Waals surface area contributed by atoms with E-state index in [2.05, 4.69) is 5.32 Å². The number of hydrogen-bond acceptors (Lipinski definition) is 3. The van der Waals surface area contributed by atoms with E-state index in [0.717, 1.165) is 16.9 Å². The number of aliphatic hydroxyl groups excluding tert-OH is 1. The molecule has 0 spiro atoms. The van der Waals surface area contributed by atoms with Crippen molar-refractivity contribution in [3.63, 3.8) is 0 Å². The highest BCUT2D eigenvalue weighted by molar-refractivity contribution is 7.98. The van der Waals surface area contributed by atoms with Crippen LogP contribution in [-0.4, -0.2) is 35.7 Å². The summed E-state index contributed by atoms with van der Waals surface area (Å²) < 4.78 is 0. The van der Waals surface area contributed by atoms with E-state index < -0.39 is 5.41 Å². The van der Waals surface area contributed by atoms with E-state index in [-0.39, 0.29) is 18.6 Å². The van der Waals surface area contributed by atoms with Crippen molar-refractivity contribution in [1.82, 2.24) is 5.32 Å². The Labute approximate surface area is 148 Å². The summed E-state index contributed by atoms with van der Waals surface area (Å²) in [6, 6.07) is 19.6. The molecule has 3 nitrogen and oxygen atoms in total. The minimum Gasteiger partial charge on any atom is -0.396 e. The molecule has 0 heterocycles. The van der Waals surface area contributed by atoms with Crippen LogP contribution >= 0.6 is 11.8 Å². The van der Waals surface area contributed by atoms with Crippen LogP contribution < -0.4 is 5.32 Å². The number of benzene rings is 2. The lowest BCUT2D eigenvalue weighted by molar-refractivity contribution is -0.125. The van der Waals surface area contributed by atoms with Gasteiger partial charge in [0.15, 0.2) is 0 Å². The van der Waals surface area contributed by atoms with Gasteiger partial charge in [-0.15, -0.1) is 0 Å². The van der Waals surface area contributed by atoms with Gasteiger partial charge in [-0.25, -0.2) is 0 Å². The summed E-state index contributed by atoms with van der Waals surface area (Å²) >= 11 is 1.67. The summed E-state index contributed by atoms with van der Waals surface area (Å²) in [5, 5.41) is 12.4. The number of carbonyl (C=O) groups is 1. The minimum atomic E-state index is -0.769. The maximum absolute atomic E-state index is 13.2. The van der Waals surface area contributed by atoms with Crippen LogP contribution in [-0.2, 0) is 10.2 Å². The van der Waals surface area contributed by atoms with Gasteiger partial charge in [0, 0.05) is 18.4 Å². The van der Waals surface area contributed by atoms with Gasteiger partial charge in [0.2, 0.25) is 5.91 Å². The van der Waals surface area contributed by atoms with Gasteiger partial charge < -0.3 is 10.4 Å². The van der Waals surface area contributed by atoms with Gasteiger partial charge in [-0.3, -0.25) is 4.79 Å². The van der Waals surface area contributed by atoms with Gasteiger partial charge in [0.05, 0.1) is 5.41 Å². The molecule has 1 amide bonds. The SMILES string of the molecule is CSCC(CCO)NC(=O)C(C)(c1ccccc1)c1ccccc1. The molecule has 1 unspecified atom stereocenters. The third-order valence-corrected chi connectivity index (χ3v) is 5.07. The van der Waals surface area contributed by atoms with Crippen molar-refractivity contribution in [2.75, 3.05) is 18.6 Å². The third-order valence-electron chi connectivity index (χ3n) is 4.34. The average Bonchev–Trinajstić information content (AvgIpc) is 2.63. The van der Waals surface area contributed by atoms with E-state index in [0.29, 0.717) is 6.42 Å². The van der Waals surface area contributed by atoms with Gasteiger partial charge in [-0.2, -0.15) is 11.8 Å². The smallest absolute Gasteiger partial charge is 0.235 e. The summed E-state index contributed by atoms with van der Waals surface area (Å²) in [6.45, 7) is 2.03. The highest BCUT2D eigenvalue weighted by Crippen LogP contribution is 2.32. The van der Waals surface area contributed by atoms with Crippen molar-refractivity contribution in [2.45, 2.75) is 24.8 Å². The molecule has 2 aromatic carbocycles. The maximum atomic E-state index is 13.2. The molecule has 0 radical (unpaired) electrons. The molecule has 0 aliphatic rings. The predicted octanol–water partition coefficient (Wildman–Crippen LogP) is 3.22. The summed E-state index contributed by atoms with van der Waals surface area (Å²) in [5.74, 6) is 0.749. The first-order valence-electron chi connectivity index (χ1n) is 8.14. The van der Waals surface area contributed by atoms with E-state index in [1.54, 1.807) is 11.8 Å². The van der Waals surface area contributed by atoms with Crippen LogP contribution in [0.5, 0.6) is 0 Å². The summed E-state index contributed by atoms with van der Waals surface area (Å²) in [4.78, 5) is 13.2. The van der Waals surface area contributed by atoms with Crippen LogP contribution in [0.15, 0.2) is 60.7 Å². The van der Waals surface area contributed by atoms with Crippen molar-refractivity contribution in [2.24, 2.45) is 0 Å². The first kappa shape index (κ1) is 18.6. The molecule has 0 fully saturated rings. The second-order valence-electron chi connectivity index (χ2n) is 6.00. The maximum Gasteiger partial charge on any atom is 0.235 e. The molecule has 1 atom stereocenters. The molecule has 128 valence electrons. The van der Waals surface area contributed by atoms with Crippen molar-refractivity contribution in [3.8, 4) is 0 Å². The molecular formula is C20H25NO2S. The van der Waals surface area contributed by atoms with Gasteiger partial charge in [0.25, 0.3) is 0 Å². The largest absolute Gasteiger partial charge is 0.396 e. The second kappa shape index (κ2) is 8.90. The molecule has 0 aromatic heterocycles. The topological polar surface area (TPSA) is 49.3 Å². The van der Waals surface area contributed by atoms with Crippen LogP contribution in [0.1, 0.15) is 24.5 Å². The molecule has 24 heavy (non-hydrogen) atoms. The van der Waals surface area contributed by atoms with Crippen LogP contribution in [0.25, 0.3) is 0 Å². The number of nitrogens with one attached hydrogen (secondary N) is 1. The van der Waals surface area contributed by atoms with Crippen LogP contribution in [0.4, 0.5) is 0 Å². The lowest BCUT2D eigenvalue weighted by atomic mass is 9.75. The number of carbonyl (C=O) groups excluding carboxylic acids is 1. The number of thioether (sulfide) groups is 1. The number of aliphatic hydroxyl groups is 1. The highest BCUT2D eigenvalue weighted by Gasteiger charge is 2.37. The van der Waals surface area contributed by atoms with Crippen LogP contribution in [0, 0.1) is 0 Å². The van der Waals surface area contributed by atoms with Crippen molar-refractivity contribution < 1.29 is 9.90 Å². The van der Waals surface area contributed by atoms with Crippen molar-refractivity contribution in [3.05, 3.63) is 71.8 Å². The standard InChI is InChI=1S/C20H25NO2S/c1-20(16-9-5-3-6-10-16,17-11-7-4-8-12-17)19(23)21-18(13-14-22)15-24-2/h3-12,18,22H,13-15H2,1-2H3,(H,21,23). The Morgan fingerprint density at radius 2 is 1.58 bits per heavy atom. The van der Waals surface area contributed by atoms with E-state index in [1.807, 2.05) is 73.8 Å². The zero-order valence-electron chi connectivity index (χ0n) is 14.2. The van der Waals surface area contributed by atoms with E-state index in [1.165, 1.54) is 0 Å². The third kappa shape index (κ3) is 4.19. The molecular weight excluding hydrogens is 318 g/mol. The van der Waals surface area contributed by atoms with Crippen LogP contribution in [0.3, 0.4) is 0 Å². The van der Waals surface area contributed by atoms with E-state index in [4.69, 9.17) is 0 Å². The quantitative estimate of drug-likeness (QED) is 0.774. The Hall–Kier alpha value is -1.78. The molecule has 2 N–H and O–H groups in total. The van der Waals surface area contributed by atoms with Gasteiger partial charge in [-0.05, 0) is 30.7 Å². The van der Waals surface area contributed by atoms with E-state index >= 15 is 0 Å². The Morgan fingerprint density at radius 1 is 1.08 bits per heavy atom. The normalized spacial score (nSPS) is 12.6. The lowest BCUT2D eigenvalue weighted by Crippen LogP contribution is -2.48. The molecule has 2 rings (SSSR count). The minimum absolute atomic E-state index is 0.0348. The van der Waals surface area contributed by atoms with Gasteiger partial charge in [0.1, 0.15) is 0 Å². The monoisotopic (exact) mass is 343 g/mol. The van der Waals surface area contributed by atoms with Crippen LogP contribution in [0.2, 0.25) is 0 Å². The molecule has 0 saturated carbocycles. The zero-order valence-corrected chi connectivity index (χ0v) is 15.1. The Balaban J connectivity index is 2.38. The molecule has 0 bridgehead atoms. The Kier molecular flexibility index (Phi) is 6.88. The summed E-state index contributed by atoms with van der Waals surface area (Å²) in [6.07, 6.45) is 2.57. The van der Waals surface area contributed by atoms with E-state index in [9.17, 15) is 9.90 Å². The fourth-order valence-electron chi connectivity index (χ4n) is 2.86. The lowest BCUT2D eigenvalue weighted by Gasteiger charge is -2.31. The molecule has 0 aliphatic heterocycles. The summed E-state index contributed by atoms with van der Waals surface area (Å²) in [5.41, 5.74) is 1.15. The average molecular weight is 343 g/mol. The molecule has 0 saturated heterocycles. The van der Waals surface area contributed by atoms with Gasteiger partial charge in [-0.1, -0.05) is 60.7 Å². The molecule has 0 aliphatic carbocycles. The molecule has 2 aromatic rings. The fraction of sp³-hybridized carbons (Fsp3) is 0.350. The van der Waals surface area contributed by atoms with Crippen molar-refractivity contribution in [1.29, 1.82) is 0 Å². The zero-order chi connectivity index (χ0) is 17.4. The first-order chi connectivity index (χ1) is 11.6. The first-order valence-corrected chi connectivity index (χ1v) is 9.54. The number of rotatable bonds is 8. The highest BCUT2D eigenvalue weighted by atomic mass is 32.2. The fourth-order valence-corrected chi connectivity index (χ4v) is 3.51. The predicted molar refractivity (Wildman–Crippen MR) is 101 cm³/mol. The number of amides is 1. The second-order valence-corrected chi connectivity index (χ2v) is 6.91. The van der Waals surface area contributed by atoms with Gasteiger partial charge >= 0.3 is 0 Å². The Morgan fingerprint density at radius 3 is 2.00 bits per heavy atom. The Bertz CT molecular complexity index is 585. The molecule has 4 heteroatoms. The number of hydrogen-bond donors (Lipinski definition) is 2.